The van der Waals surface area contributed by atoms with Crippen molar-refractivity contribution in [2.24, 2.45) is 0 Å². The third kappa shape index (κ3) is 3.37. The van der Waals surface area contributed by atoms with E-state index in [0.717, 1.165) is 5.56 Å². The smallest absolute Gasteiger partial charge is 0.0992 e. The first-order valence-electron chi connectivity index (χ1n) is 5.92. The van der Waals surface area contributed by atoms with Crippen molar-refractivity contribution in [3.05, 3.63) is 62.6 Å². The van der Waals surface area contributed by atoms with E-state index in [4.69, 9.17) is 40.1 Å². The molecule has 2 aromatic rings. The Balaban J connectivity index is 2.25. The third-order valence-corrected chi connectivity index (χ3v) is 3.98. The molecule has 0 aliphatic carbocycles. The van der Waals surface area contributed by atoms with Gasteiger partial charge < -0.3 is 5.32 Å². The van der Waals surface area contributed by atoms with E-state index in [2.05, 4.69) is 11.4 Å². The molecule has 2 aromatic carbocycles. The summed E-state index contributed by atoms with van der Waals surface area (Å²) in [5.74, 6) is 0. The molecule has 0 fully saturated rings. The summed E-state index contributed by atoms with van der Waals surface area (Å²) in [7, 11) is 0. The topological polar surface area (TPSA) is 35.8 Å². The van der Waals surface area contributed by atoms with Crippen LogP contribution in [0.25, 0.3) is 0 Å². The average Bonchev–Trinajstić information content (AvgIpc) is 2.44. The molecule has 1 N–H and O–H groups in total. The van der Waals surface area contributed by atoms with Crippen LogP contribution < -0.4 is 5.32 Å². The molecule has 0 spiro atoms. The Morgan fingerprint density at radius 3 is 2.35 bits per heavy atom. The van der Waals surface area contributed by atoms with Crippen molar-refractivity contribution in [2.75, 3.05) is 5.32 Å². The Morgan fingerprint density at radius 1 is 1.00 bits per heavy atom. The molecule has 20 heavy (non-hydrogen) atoms. The monoisotopic (exact) mass is 324 g/mol. The molecule has 0 heterocycles. The number of benzene rings is 2. The first-order valence-corrected chi connectivity index (χ1v) is 7.06. The van der Waals surface area contributed by atoms with E-state index in [9.17, 15) is 0 Å². The highest BCUT2D eigenvalue weighted by Crippen LogP contribution is 2.30. The minimum Gasteiger partial charge on any atom is -0.377 e. The number of nitriles is 1. The van der Waals surface area contributed by atoms with Crippen LogP contribution in [0.15, 0.2) is 36.4 Å². The number of anilines is 1. The largest absolute Gasteiger partial charge is 0.377 e. The van der Waals surface area contributed by atoms with Gasteiger partial charge in [0.15, 0.2) is 0 Å². The van der Waals surface area contributed by atoms with Gasteiger partial charge in [-0.2, -0.15) is 5.26 Å². The molecule has 0 aliphatic heterocycles. The van der Waals surface area contributed by atoms with Crippen molar-refractivity contribution >= 4 is 40.5 Å². The highest BCUT2D eigenvalue weighted by molar-refractivity contribution is 6.42. The Hall–Kier alpha value is -1.40. The lowest BCUT2D eigenvalue weighted by Crippen LogP contribution is -2.07. The molecule has 0 saturated carbocycles. The quantitative estimate of drug-likeness (QED) is 0.786. The van der Waals surface area contributed by atoms with Gasteiger partial charge in [0.2, 0.25) is 0 Å². The van der Waals surface area contributed by atoms with Gasteiger partial charge in [-0.1, -0.05) is 40.9 Å². The van der Waals surface area contributed by atoms with Gasteiger partial charge in [0.1, 0.15) is 0 Å². The molecule has 102 valence electrons. The van der Waals surface area contributed by atoms with Crippen LogP contribution in [-0.4, -0.2) is 0 Å². The summed E-state index contributed by atoms with van der Waals surface area (Å²) in [4.78, 5) is 0. The second kappa shape index (κ2) is 6.37. The molecule has 5 heteroatoms. The van der Waals surface area contributed by atoms with Crippen LogP contribution in [0.1, 0.15) is 24.1 Å². The van der Waals surface area contributed by atoms with E-state index in [1.54, 1.807) is 24.3 Å². The number of hydrogen-bond donors (Lipinski definition) is 1. The molecule has 0 aliphatic rings. The number of nitrogens with zero attached hydrogens (tertiary/aromatic N) is 1. The minimum absolute atomic E-state index is 0.0174. The van der Waals surface area contributed by atoms with Crippen molar-refractivity contribution in [3.8, 4) is 6.07 Å². The third-order valence-electron chi connectivity index (χ3n) is 2.91. The highest BCUT2D eigenvalue weighted by atomic mass is 35.5. The van der Waals surface area contributed by atoms with E-state index in [1.807, 2.05) is 19.1 Å². The molecular formula is C15H11Cl3N2. The number of rotatable bonds is 3. The second-order valence-electron chi connectivity index (χ2n) is 4.35. The van der Waals surface area contributed by atoms with Crippen LogP contribution in [0, 0.1) is 11.3 Å². The Morgan fingerprint density at radius 2 is 1.70 bits per heavy atom. The maximum atomic E-state index is 8.92. The van der Waals surface area contributed by atoms with Gasteiger partial charge in [-0.25, -0.2) is 0 Å². The summed E-state index contributed by atoms with van der Waals surface area (Å²) < 4.78 is 0. The van der Waals surface area contributed by atoms with E-state index < -0.39 is 0 Å². The summed E-state index contributed by atoms with van der Waals surface area (Å²) in [5, 5.41) is 13.8. The molecule has 0 aromatic heterocycles. The molecular weight excluding hydrogens is 315 g/mol. The van der Waals surface area contributed by atoms with E-state index in [-0.39, 0.29) is 6.04 Å². The van der Waals surface area contributed by atoms with E-state index in [0.29, 0.717) is 26.3 Å². The zero-order chi connectivity index (χ0) is 14.7. The number of halogens is 3. The summed E-state index contributed by atoms with van der Waals surface area (Å²) >= 11 is 18.0. The maximum absolute atomic E-state index is 8.92. The summed E-state index contributed by atoms with van der Waals surface area (Å²) in [6, 6.07) is 12.6. The van der Waals surface area contributed by atoms with Gasteiger partial charge in [-0.05, 0) is 42.8 Å². The molecule has 1 atom stereocenters. The molecule has 2 rings (SSSR count). The second-order valence-corrected chi connectivity index (χ2v) is 5.57. The lowest BCUT2D eigenvalue weighted by atomic mass is 10.1. The fraction of sp³-hybridized carbons (Fsp3) is 0.133. The number of nitrogens with one attached hydrogen (secondary N) is 1. The lowest BCUT2D eigenvalue weighted by Gasteiger charge is -2.17. The molecule has 0 bridgehead atoms. The van der Waals surface area contributed by atoms with Gasteiger partial charge in [0, 0.05) is 6.04 Å². The zero-order valence-electron chi connectivity index (χ0n) is 10.6. The van der Waals surface area contributed by atoms with Gasteiger partial charge in [-0.15, -0.1) is 0 Å². The van der Waals surface area contributed by atoms with E-state index >= 15 is 0 Å². The first kappa shape index (κ1) is 15.0. The van der Waals surface area contributed by atoms with Crippen molar-refractivity contribution in [2.45, 2.75) is 13.0 Å². The van der Waals surface area contributed by atoms with Crippen molar-refractivity contribution in [1.82, 2.24) is 0 Å². The molecule has 0 saturated heterocycles. The molecule has 2 nitrogen and oxygen atoms in total. The fourth-order valence-corrected chi connectivity index (χ4v) is 2.28. The molecule has 1 unspecified atom stereocenters. The normalized spacial score (nSPS) is 11.8. The Bertz CT molecular complexity index is 677. The minimum atomic E-state index is -0.0174. The van der Waals surface area contributed by atoms with Crippen LogP contribution in [0.5, 0.6) is 0 Å². The predicted octanol–water partition coefficient (Wildman–Crippen LogP) is 5.69. The summed E-state index contributed by atoms with van der Waals surface area (Å²) in [5.41, 5.74) is 2.25. The average molecular weight is 326 g/mol. The van der Waals surface area contributed by atoms with Crippen LogP contribution in [0.2, 0.25) is 15.1 Å². The maximum Gasteiger partial charge on any atom is 0.0992 e. The first-order chi connectivity index (χ1) is 9.51. The lowest BCUT2D eigenvalue weighted by molar-refractivity contribution is 0.885. The predicted molar refractivity (Wildman–Crippen MR) is 84.7 cm³/mol. The van der Waals surface area contributed by atoms with E-state index in [1.165, 1.54) is 0 Å². The van der Waals surface area contributed by atoms with Crippen molar-refractivity contribution in [3.63, 3.8) is 0 Å². The van der Waals surface area contributed by atoms with Gasteiger partial charge in [0.25, 0.3) is 0 Å². The van der Waals surface area contributed by atoms with Gasteiger partial charge in [-0.3, -0.25) is 0 Å². The summed E-state index contributed by atoms with van der Waals surface area (Å²) in [6.07, 6.45) is 0. The Labute approximate surface area is 132 Å². The Kier molecular flexibility index (Phi) is 4.77. The van der Waals surface area contributed by atoms with Crippen molar-refractivity contribution < 1.29 is 0 Å². The van der Waals surface area contributed by atoms with Crippen LogP contribution >= 0.6 is 34.8 Å². The van der Waals surface area contributed by atoms with Gasteiger partial charge >= 0.3 is 0 Å². The van der Waals surface area contributed by atoms with Crippen LogP contribution in [0.3, 0.4) is 0 Å². The molecule has 0 amide bonds. The van der Waals surface area contributed by atoms with Crippen LogP contribution in [0.4, 0.5) is 5.69 Å². The SMILES string of the molecule is CC(Nc1cc(C#N)ccc1Cl)c1ccc(Cl)c(Cl)c1. The molecule has 0 radical (unpaired) electrons. The fourth-order valence-electron chi connectivity index (χ4n) is 1.80. The zero-order valence-corrected chi connectivity index (χ0v) is 12.9. The van der Waals surface area contributed by atoms with Crippen molar-refractivity contribution in [1.29, 1.82) is 5.26 Å². The summed E-state index contributed by atoms with van der Waals surface area (Å²) in [6.45, 7) is 1.98. The number of hydrogen-bond acceptors (Lipinski definition) is 2. The van der Waals surface area contributed by atoms with Gasteiger partial charge in [0.05, 0.1) is 32.4 Å². The standard InChI is InChI=1S/C15H11Cl3N2/c1-9(11-3-5-12(16)14(18)7-11)20-15-6-10(8-19)2-4-13(15)17/h2-7,9,20H,1H3. The highest BCUT2D eigenvalue weighted by Gasteiger charge is 2.10. The van der Waals surface area contributed by atoms with Crippen LogP contribution in [-0.2, 0) is 0 Å².